The zero-order valence-electron chi connectivity index (χ0n) is 6.27. The van der Waals surface area contributed by atoms with Crippen LogP contribution in [0.3, 0.4) is 0 Å². The minimum absolute atomic E-state index is 0.677. The van der Waals surface area contributed by atoms with E-state index in [0.717, 1.165) is 17.2 Å². The molecule has 0 radical (unpaired) electrons. The van der Waals surface area contributed by atoms with Crippen LogP contribution in [0.15, 0.2) is 30.5 Å². The SMILES string of the molecule is O=Cc1ccc2ccn(S)c2c1. The second kappa shape index (κ2) is 2.68. The lowest BCUT2D eigenvalue weighted by Gasteiger charge is -1.94. The highest BCUT2D eigenvalue weighted by Gasteiger charge is 1.98. The average molecular weight is 177 g/mol. The quantitative estimate of drug-likeness (QED) is 0.523. The zero-order valence-corrected chi connectivity index (χ0v) is 7.16. The van der Waals surface area contributed by atoms with Crippen molar-refractivity contribution in [3.63, 3.8) is 0 Å². The van der Waals surface area contributed by atoms with Crippen LogP contribution in [0.25, 0.3) is 10.9 Å². The van der Waals surface area contributed by atoms with E-state index in [1.165, 1.54) is 0 Å². The van der Waals surface area contributed by atoms with E-state index >= 15 is 0 Å². The smallest absolute Gasteiger partial charge is 0.150 e. The minimum atomic E-state index is 0.677. The summed E-state index contributed by atoms with van der Waals surface area (Å²) in [6.07, 6.45) is 2.68. The van der Waals surface area contributed by atoms with Gasteiger partial charge in [-0.15, -0.1) is 0 Å². The summed E-state index contributed by atoms with van der Waals surface area (Å²) in [5.74, 6) is 0. The van der Waals surface area contributed by atoms with Crippen molar-refractivity contribution < 1.29 is 4.79 Å². The summed E-state index contributed by atoms with van der Waals surface area (Å²) in [4.78, 5) is 10.4. The first-order valence-electron chi connectivity index (χ1n) is 3.57. The molecule has 3 heteroatoms. The summed E-state index contributed by atoms with van der Waals surface area (Å²) in [5, 5.41) is 1.09. The Balaban J connectivity index is 2.79. The van der Waals surface area contributed by atoms with E-state index in [-0.39, 0.29) is 0 Å². The molecule has 1 aromatic carbocycles. The van der Waals surface area contributed by atoms with Gasteiger partial charge >= 0.3 is 0 Å². The van der Waals surface area contributed by atoms with Crippen LogP contribution in [-0.4, -0.2) is 10.3 Å². The Bertz CT molecular complexity index is 433. The Morgan fingerprint density at radius 2 is 2.17 bits per heavy atom. The maximum Gasteiger partial charge on any atom is 0.150 e. The molecule has 2 nitrogen and oxygen atoms in total. The van der Waals surface area contributed by atoms with Crippen LogP contribution in [0.4, 0.5) is 0 Å². The van der Waals surface area contributed by atoms with Crippen molar-refractivity contribution in [1.29, 1.82) is 0 Å². The van der Waals surface area contributed by atoms with E-state index < -0.39 is 0 Å². The van der Waals surface area contributed by atoms with Gasteiger partial charge in [0, 0.05) is 17.1 Å². The summed E-state index contributed by atoms with van der Waals surface area (Å²) in [6, 6.07) is 7.47. The molecule has 1 aromatic heterocycles. The second-order valence-electron chi connectivity index (χ2n) is 2.60. The molecule has 0 atom stereocenters. The first kappa shape index (κ1) is 7.43. The van der Waals surface area contributed by atoms with Gasteiger partial charge in [-0.25, -0.2) is 0 Å². The normalized spacial score (nSPS) is 10.4. The molecule has 2 aromatic rings. The molecule has 0 aliphatic carbocycles. The van der Waals surface area contributed by atoms with Crippen molar-refractivity contribution in [1.82, 2.24) is 3.97 Å². The molecular weight excluding hydrogens is 170 g/mol. The van der Waals surface area contributed by atoms with Gasteiger partial charge in [-0.3, -0.25) is 8.77 Å². The average Bonchev–Trinajstić information content (AvgIpc) is 2.47. The number of benzene rings is 1. The lowest BCUT2D eigenvalue weighted by atomic mass is 10.2. The lowest BCUT2D eigenvalue weighted by Crippen LogP contribution is -1.81. The molecule has 1 heterocycles. The van der Waals surface area contributed by atoms with Crippen LogP contribution in [-0.2, 0) is 0 Å². The van der Waals surface area contributed by atoms with Crippen LogP contribution in [0.1, 0.15) is 10.4 Å². The van der Waals surface area contributed by atoms with Gasteiger partial charge in [0.05, 0.1) is 5.52 Å². The molecule has 0 aliphatic rings. The van der Waals surface area contributed by atoms with Crippen LogP contribution < -0.4 is 0 Å². The standard InChI is InChI=1S/C9H7NOS/c11-6-7-1-2-8-3-4-10(12)9(8)5-7/h1-6,12H. The third-order valence-electron chi connectivity index (χ3n) is 1.83. The Hall–Kier alpha value is -1.22. The van der Waals surface area contributed by atoms with E-state index in [2.05, 4.69) is 12.8 Å². The van der Waals surface area contributed by atoms with Gasteiger partial charge in [0.2, 0.25) is 0 Å². The minimum Gasteiger partial charge on any atom is -0.298 e. The highest BCUT2D eigenvalue weighted by atomic mass is 32.1. The number of aromatic nitrogens is 1. The molecule has 0 unspecified atom stereocenters. The summed E-state index contributed by atoms with van der Waals surface area (Å²) in [7, 11) is 0. The van der Waals surface area contributed by atoms with Crippen molar-refractivity contribution in [3.05, 3.63) is 36.0 Å². The molecule has 0 N–H and O–H groups in total. The Kier molecular flexibility index (Phi) is 1.66. The zero-order chi connectivity index (χ0) is 8.55. The second-order valence-corrected chi connectivity index (χ2v) is 3.03. The van der Waals surface area contributed by atoms with Crippen molar-refractivity contribution in [2.24, 2.45) is 0 Å². The van der Waals surface area contributed by atoms with Crippen molar-refractivity contribution in [2.75, 3.05) is 0 Å². The Morgan fingerprint density at radius 3 is 2.92 bits per heavy atom. The fourth-order valence-corrected chi connectivity index (χ4v) is 1.44. The molecule has 12 heavy (non-hydrogen) atoms. The lowest BCUT2D eigenvalue weighted by molar-refractivity contribution is 0.112. The maximum absolute atomic E-state index is 10.4. The molecule has 0 aliphatic heterocycles. The molecule has 0 saturated carbocycles. The number of nitrogens with zero attached hydrogens (tertiary/aromatic N) is 1. The van der Waals surface area contributed by atoms with Crippen LogP contribution in [0.5, 0.6) is 0 Å². The topological polar surface area (TPSA) is 22.0 Å². The number of fused-ring (bicyclic) bond motifs is 1. The maximum atomic E-state index is 10.4. The van der Waals surface area contributed by atoms with E-state index in [0.29, 0.717) is 5.56 Å². The third-order valence-corrected chi connectivity index (χ3v) is 2.18. The highest BCUT2D eigenvalue weighted by molar-refractivity contribution is 7.78. The van der Waals surface area contributed by atoms with Gasteiger partial charge < -0.3 is 0 Å². The fraction of sp³-hybridized carbons (Fsp3) is 0. The summed E-state index contributed by atoms with van der Waals surface area (Å²) < 4.78 is 1.70. The number of rotatable bonds is 1. The Morgan fingerprint density at radius 1 is 1.33 bits per heavy atom. The molecule has 0 saturated heterocycles. The van der Waals surface area contributed by atoms with Crippen LogP contribution in [0, 0.1) is 0 Å². The van der Waals surface area contributed by atoms with E-state index in [4.69, 9.17) is 0 Å². The number of carbonyl (C=O) groups excluding carboxylic acids is 1. The number of hydrogen-bond donors (Lipinski definition) is 1. The molecule has 2 rings (SSSR count). The molecule has 0 bridgehead atoms. The van der Waals surface area contributed by atoms with Gasteiger partial charge in [0.15, 0.2) is 0 Å². The number of hydrogen-bond acceptors (Lipinski definition) is 2. The van der Waals surface area contributed by atoms with Crippen LogP contribution >= 0.6 is 12.8 Å². The molecule has 0 fully saturated rings. The molecule has 60 valence electrons. The molecular formula is C9H7NOS. The number of thiol groups is 1. The summed E-state index contributed by atoms with van der Waals surface area (Å²) >= 11 is 4.19. The monoisotopic (exact) mass is 177 g/mol. The highest BCUT2D eigenvalue weighted by Crippen LogP contribution is 2.17. The van der Waals surface area contributed by atoms with Crippen molar-refractivity contribution in [3.8, 4) is 0 Å². The molecule has 0 amide bonds. The van der Waals surface area contributed by atoms with Gasteiger partial charge in [-0.1, -0.05) is 24.9 Å². The van der Waals surface area contributed by atoms with Gasteiger partial charge in [-0.05, 0) is 12.1 Å². The van der Waals surface area contributed by atoms with Gasteiger partial charge in [0.1, 0.15) is 6.29 Å². The van der Waals surface area contributed by atoms with E-state index in [1.54, 1.807) is 10.0 Å². The van der Waals surface area contributed by atoms with E-state index in [9.17, 15) is 4.79 Å². The van der Waals surface area contributed by atoms with E-state index in [1.807, 2.05) is 24.4 Å². The number of carbonyl (C=O) groups is 1. The summed E-state index contributed by atoms with van der Waals surface area (Å²) in [5.41, 5.74) is 1.64. The molecule has 0 spiro atoms. The van der Waals surface area contributed by atoms with Crippen LogP contribution in [0.2, 0.25) is 0 Å². The summed E-state index contributed by atoms with van der Waals surface area (Å²) in [6.45, 7) is 0. The van der Waals surface area contributed by atoms with Crippen molar-refractivity contribution >= 4 is 30.0 Å². The Labute approximate surface area is 75.3 Å². The fourth-order valence-electron chi connectivity index (χ4n) is 1.20. The predicted molar refractivity (Wildman–Crippen MR) is 51.7 cm³/mol. The number of aldehydes is 1. The third kappa shape index (κ3) is 1.02. The largest absolute Gasteiger partial charge is 0.298 e. The van der Waals surface area contributed by atoms with Gasteiger partial charge in [0.25, 0.3) is 0 Å². The predicted octanol–water partition coefficient (Wildman–Crippen LogP) is 2.15. The van der Waals surface area contributed by atoms with Crippen molar-refractivity contribution in [2.45, 2.75) is 0 Å². The first-order valence-corrected chi connectivity index (χ1v) is 3.97. The first-order chi connectivity index (χ1) is 5.81. The van der Waals surface area contributed by atoms with Gasteiger partial charge in [-0.2, -0.15) is 0 Å².